The number of carbonyl (C=O) groups excluding carboxylic acids is 1. The van der Waals surface area contributed by atoms with Crippen LogP contribution >= 0.6 is 0 Å². The normalized spacial score (nSPS) is 12.5. The first-order valence-corrected chi connectivity index (χ1v) is 6.49. The van der Waals surface area contributed by atoms with Gasteiger partial charge in [0.2, 0.25) is 0 Å². The first-order valence-electron chi connectivity index (χ1n) is 6.49. The molecule has 1 heterocycles. The van der Waals surface area contributed by atoms with Gasteiger partial charge in [-0.2, -0.15) is 5.10 Å². The molecule has 0 spiro atoms. The minimum absolute atomic E-state index is 0.0337. The van der Waals surface area contributed by atoms with Gasteiger partial charge in [0.05, 0.1) is 11.3 Å². The van der Waals surface area contributed by atoms with Crippen LogP contribution in [0.1, 0.15) is 41.5 Å². The summed E-state index contributed by atoms with van der Waals surface area (Å²) in [5, 5.41) is 7.23. The second-order valence-corrected chi connectivity index (χ2v) is 4.73. The first-order chi connectivity index (χ1) is 8.51. The van der Waals surface area contributed by atoms with Crippen LogP contribution in [0.5, 0.6) is 0 Å². The van der Waals surface area contributed by atoms with Crippen molar-refractivity contribution in [1.29, 1.82) is 0 Å². The highest BCUT2D eigenvalue weighted by molar-refractivity contribution is 5.96. The second kappa shape index (κ2) is 6.54. The van der Waals surface area contributed by atoms with Crippen molar-refractivity contribution in [3.05, 3.63) is 17.0 Å². The molecule has 0 saturated heterocycles. The molecule has 0 radical (unpaired) electrons. The molecule has 0 aliphatic rings. The summed E-state index contributed by atoms with van der Waals surface area (Å²) in [6.45, 7) is 7.23. The number of rotatable bonds is 6. The minimum Gasteiger partial charge on any atom is -0.352 e. The molecule has 1 amide bonds. The predicted molar refractivity (Wildman–Crippen MR) is 72.5 cm³/mol. The molecule has 1 atom stereocenters. The summed E-state index contributed by atoms with van der Waals surface area (Å²) >= 11 is 0. The predicted octanol–water partition coefficient (Wildman–Crippen LogP) is 1.14. The van der Waals surface area contributed by atoms with Gasteiger partial charge in [-0.05, 0) is 32.7 Å². The van der Waals surface area contributed by atoms with E-state index in [0.717, 1.165) is 24.2 Å². The van der Waals surface area contributed by atoms with Crippen molar-refractivity contribution in [2.45, 2.75) is 33.6 Å². The fourth-order valence-electron chi connectivity index (χ4n) is 2.11. The monoisotopic (exact) mass is 252 g/mol. The second-order valence-electron chi connectivity index (χ2n) is 4.73. The van der Waals surface area contributed by atoms with Crippen LogP contribution in [0.15, 0.2) is 0 Å². The summed E-state index contributed by atoms with van der Waals surface area (Å²) < 4.78 is 1.74. The van der Waals surface area contributed by atoms with Gasteiger partial charge in [0.15, 0.2) is 0 Å². The Hall–Kier alpha value is -1.36. The third-order valence-electron chi connectivity index (χ3n) is 3.44. The maximum absolute atomic E-state index is 12.1. The van der Waals surface area contributed by atoms with Gasteiger partial charge in [-0.3, -0.25) is 9.48 Å². The van der Waals surface area contributed by atoms with E-state index in [9.17, 15) is 4.79 Å². The molecule has 5 heteroatoms. The van der Waals surface area contributed by atoms with Crippen LogP contribution in [0.3, 0.4) is 0 Å². The summed E-state index contributed by atoms with van der Waals surface area (Å²) in [6, 6.07) is 0. The molecular weight excluding hydrogens is 228 g/mol. The number of nitrogens with one attached hydrogen (secondary N) is 1. The Morgan fingerprint density at radius 2 is 2.17 bits per heavy atom. The molecule has 0 aromatic carbocycles. The lowest BCUT2D eigenvalue weighted by molar-refractivity contribution is 0.0945. The van der Waals surface area contributed by atoms with Crippen molar-refractivity contribution in [3.8, 4) is 0 Å². The average Bonchev–Trinajstić information content (AvgIpc) is 2.58. The Bertz CT molecular complexity index is 411. The molecule has 3 N–H and O–H groups in total. The largest absolute Gasteiger partial charge is 0.352 e. The van der Waals surface area contributed by atoms with E-state index >= 15 is 0 Å². The highest BCUT2D eigenvalue weighted by Gasteiger charge is 2.17. The van der Waals surface area contributed by atoms with E-state index in [-0.39, 0.29) is 5.91 Å². The quantitative estimate of drug-likeness (QED) is 0.797. The molecule has 1 aromatic heterocycles. The summed E-state index contributed by atoms with van der Waals surface area (Å²) in [5.74, 6) is 0.421. The number of aromatic nitrogens is 2. The topological polar surface area (TPSA) is 72.9 Å². The van der Waals surface area contributed by atoms with Gasteiger partial charge in [-0.15, -0.1) is 0 Å². The number of nitrogens with zero attached hydrogens (tertiary/aromatic N) is 2. The van der Waals surface area contributed by atoms with Crippen molar-refractivity contribution in [3.63, 3.8) is 0 Å². The third-order valence-corrected chi connectivity index (χ3v) is 3.44. The van der Waals surface area contributed by atoms with E-state index in [4.69, 9.17) is 5.73 Å². The van der Waals surface area contributed by atoms with E-state index in [2.05, 4.69) is 17.3 Å². The van der Waals surface area contributed by atoms with Gasteiger partial charge in [0.25, 0.3) is 5.91 Å². The number of nitrogens with two attached hydrogens (primary N) is 1. The molecule has 18 heavy (non-hydrogen) atoms. The molecule has 102 valence electrons. The van der Waals surface area contributed by atoms with Crippen molar-refractivity contribution < 1.29 is 4.79 Å². The fraction of sp³-hybridized carbons (Fsp3) is 0.692. The molecule has 1 aromatic rings. The molecule has 0 aliphatic heterocycles. The average molecular weight is 252 g/mol. The van der Waals surface area contributed by atoms with Crippen LogP contribution in [-0.4, -0.2) is 28.8 Å². The molecule has 0 bridgehead atoms. The van der Waals surface area contributed by atoms with Crippen molar-refractivity contribution in [2.75, 3.05) is 13.1 Å². The molecule has 5 nitrogen and oxygen atoms in total. The molecular formula is C13H24N4O. The van der Waals surface area contributed by atoms with Gasteiger partial charge < -0.3 is 11.1 Å². The maximum Gasteiger partial charge on any atom is 0.255 e. The van der Waals surface area contributed by atoms with Gasteiger partial charge >= 0.3 is 0 Å². The number of hydrogen-bond acceptors (Lipinski definition) is 3. The first kappa shape index (κ1) is 14.7. The number of aryl methyl sites for hydroxylation is 2. The van der Waals surface area contributed by atoms with E-state index in [1.165, 1.54) is 0 Å². The van der Waals surface area contributed by atoms with Crippen LogP contribution in [-0.2, 0) is 7.05 Å². The smallest absolute Gasteiger partial charge is 0.255 e. The lowest BCUT2D eigenvalue weighted by Gasteiger charge is -2.14. The van der Waals surface area contributed by atoms with Crippen molar-refractivity contribution in [2.24, 2.45) is 18.7 Å². The van der Waals surface area contributed by atoms with E-state index in [1.807, 2.05) is 20.9 Å². The fourth-order valence-corrected chi connectivity index (χ4v) is 2.11. The van der Waals surface area contributed by atoms with Crippen LogP contribution < -0.4 is 11.1 Å². The SMILES string of the molecule is CCC(CCN)CNC(=O)c1c(C)nn(C)c1C. The Labute approximate surface area is 109 Å². The Kier molecular flexibility index (Phi) is 5.34. The Morgan fingerprint density at radius 1 is 1.50 bits per heavy atom. The van der Waals surface area contributed by atoms with Crippen LogP contribution in [0.25, 0.3) is 0 Å². The van der Waals surface area contributed by atoms with Gasteiger partial charge in [-0.1, -0.05) is 13.3 Å². The zero-order valence-corrected chi connectivity index (χ0v) is 11.8. The van der Waals surface area contributed by atoms with Gasteiger partial charge in [0, 0.05) is 19.3 Å². The minimum atomic E-state index is -0.0337. The van der Waals surface area contributed by atoms with Crippen LogP contribution in [0.4, 0.5) is 0 Å². The van der Waals surface area contributed by atoms with E-state index in [1.54, 1.807) is 4.68 Å². The summed E-state index contributed by atoms with van der Waals surface area (Å²) in [4.78, 5) is 12.1. The molecule has 0 aliphatic carbocycles. The van der Waals surface area contributed by atoms with Crippen molar-refractivity contribution >= 4 is 5.91 Å². The Balaban J connectivity index is 2.65. The summed E-state index contributed by atoms with van der Waals surface area (Å²) in [5.41, 5.74) is 7.92. The third kappa shape index (κ3) is 3.32. The molecule has 1 unspecified atom stereocenters. The van der Waals surface area contributed by atoms with E-state index in [0.29, 0.717) is 24.6 Å². The summed E-state index contributed by atoms with van der Waals surface area (Å²) in [7, 11) is 1.85. The molecule has 1 rings (SSSR count). The Morgan fingerprint density at radius 3 is 2.61 bits per heavy atom. The number of carbonyl (C=O) groups is 1. The lowest BCUT2D eigenvalue weighted by atomic mass is 10.0. The number of amides is 1. The highest BCUT2D eigenvalue weighted by Crippen LogP contribution is 2.12. The molecule has 0 fully saturated rings. The standard InChI is InChI=1S/C13H24N4O/c1-5-11(6-7-14)8-15-13(18)12-9(2)16-17(4)10(12)3/h11H,5-8,14H2,1-4H3,(H,15,18). The van der Waals surface area contributed by atoms with Crippen molar-refractivity contribution in [1.82, 2.24) is 15.1 Å². The molecule has 0 saturated carbocycles. The highest BCUT2D eigenvalue weighted by atomic mass is 16.1. The van der Waals surface area contributed by atoms with Crippen LogP contribution in [0, 0.1) is 19.8 Å². The number of hydrogen-bond donors (Lipinski definition) is 2. The van der Waals surface area contributed by atoms with Gasteiger partial charge in [0.1, 0.15) is 0 Å². The van der Waals surface area contributed by atoms with E-state index < -0.39 is 0 Å². The van der Waals surface area contributed by atoms with Crippen LogP contribution in [0.2, 0.25) is 0 Å². The maximum atomic E-state index is 12.1. The van der Waals surface area contributed by atoms with Gasteiger partial charge in [-0.25, -0.2) is 0 Å². The summed E-state index contributed by atoms with van der Waals surface area (Å²) in [6.07, 6.45) is 1.98. The lowest BCUT2D eigenvalue weighted by Crippen LogP contribution is -2.30. The zero-order valence-electron chi connectivity index (χ0n) is 11.8. The zero-order chi connectivity index (χ0) is 13.7.